The van der Waals surface area contributed by atoms with Gasteiger partial charge in [0.1, 0.15) is 6.04 Å². The second-order valence-corrected chi connectivity index (χ2v) is 6.73. The summed E-state index contributed by atoms with van der Waals surface area (Å²) in [5, 5.41) is 23.3. The summed E-state index contributed by atoms with van der Waals surface area (Å²) in [6.45, 7) is 0.300. The monoisotopic (exact) mass is 463 g/mol. The molecule has 3 rings (SSSR count). The number of hydrogen-bond donors (Lipinski definition) is 6. The molecule has 0 spiro atoms. The van der Waals surface area contributed by atoms with Gasteiger partial charge >= 0.3 is 41.5 Å². The van der Waals surface area contributed by atoms with Crippen LogP contribution in [0.4, 0.5) is 17.5 Å². The Morgan fingerprint density at radius 3 is 2.36 bits per heavy atom. The number of aromatic nitrogens is 4. The van der Waals surface area contributed by atoms with Gasteiger partial charge in [0.2, 0.25) is 5.95 Å². The molecule has 1 unspecified atom stereocenters. The first-order valence-corrected chi connectivity index (χ1v) is 9.37. The molecule has 0 aliphatic heterocycles. The molecule has 8 N–H and O–H groups in total. The number of rotatable bonds is 9. The van der Waals surface area contributed by atoms with Crippen molar-refractivity contribution in [3.8, 4) is 0 Å². The van der Waals surface area contributed by atoms with Crippen LogP contribution in [-0.4, -0.2) is 54.0 Å². The predicted octanol–water partition coefficient (Wildman–Crippen LogP) is -2.75. The fourth-order valence-corrected chi connectivity index (χ4v) is 2.77. The molecular weight excluding hydrogens is 443 g/mol. The minimum atomic E-state index is -1.30. The minimum absolute atomic E-state index is 0. The minimum Gasteiger partial charge on any atom is -0.481 e. The number of hydrogen-bond acceptors (Lipinski definition) is 10. The third-order valence-electron chi connectivity index (χ3n) is 4.37. The number of nitrogens with two attached hydrogens (primary N) is 2. The Hall–Kier alpha value is -3.55. The zero-order valence-electron chi connectivity index (χ0n) is 17.6. The summed E-state index contributed by atoms with van der Waals surface area (Å²) in [7, 11) is 0. The number of anilines is 3. The number of nitrogens with one attached hydrogen (secondary N) is 2. The molecule has 33 heavy (non-hydrogen) atoms. The first-order chi connectivity index (χ1) is 15.2. The van der Waals surface area contributed by atoms with Gasteiger partial charge in [-0.1, -0.05) is 0 Å². The van der Waals surface area contributed by atoms with Crippen LogP contribution >= 0.6 is 0 Å². The van der Waals surface area contributed by atoms with E-state index in [-0.39, 0.29) is 65.4 Å². The Balaban J connectivity index is 0.00000385. The van der Waals surface area contributed by atoms with Crippen molar-refractivity contribution < 1.29 is 54.2 Å². The number of amides is 1. The number of nitrogens with zero attached hydrogens (tertiary/aromatic N) is 4. The van der Waals surface area contributed by atoms with E-state index in [0.717, 1.165) is 0 Å². The van der Waals surface area contributed by atoms with E-state index in [9.17, 15) is 14.4 Å². The van der Waals surface area contributed by atoms with E-state index in [1.165, 1.54) is 18.3 Å². The third kappa shape index (κ3) is 6.97. The van der Waals surface area contributed by atoms with E-state index < -0.39 is 23.9 Å². The number of aliphatic carboxylic acids is 2. The third-order valence-corrected chi connectivity index (χ3v) is 4.37. The predicted molar refractivity (Wildman–Crippen MR) is 113 cm³/mol. The summed E-state index contributed by atoms with van der Waals surface area (Å²) in [6.07, 6.45) is 0.931. The summed E-state index contributed by atoms with van der Waals surface area (Å²) in [5.74, 6) is -2.93. The molecular formula is C19H20N8NaO5+. The zero-order valence-corrected chi connectivity index (χ0v) is 19.6. The summed E-state index contributed by atoms with van der Waals surface area (Å²) < 4.78 is 0. The van der Waals surface area contributed by atoms with E-state index in [0.29, 0.717) is 23.4 Å². The molecule has 0 fully saturated rings. The Bertz CT molecular complexity index is 1170. The van der Waals surface area contributed by atoms with Crippen molar-refractivity contribution in [2.24, 2.45) is 0 Å². The Morgan fingerprint density at radius 2 is 1.73 bits per heavy atom. The molecule has 13 nitrogen and oxygen atoms in total. The number of nitrogen functional groups attached to an aromatic ring is 2. The molecule has 0 saturated heterocycles. The van der Waals surface area contributed by atoms with Gasteiger partial charge in [-0.15, -0.1) is 0 Å². The van der Waals surface area contributed by atoms with Crippen LogP contribution in [0.3, 0.4) is 0 Å². The van der Waals surface area contributed by atoms with Gasteiger partial charge in [0.15, 0.2) is 17.0 Å². The average molecular weight is 463 g/mol. The van der Waals surface area contributed by atoms with Crippen molar-refractivity contribution in [3.63, 3.8) is 0 Å². The Morgan fingerprint density at radius 1 is 1.03 bits per heavy atom. The molecule has 1 atom stereocenters. The van der Waals surface area contributed by atoms with Crippen molar-refractivity contribution >= 4 is 46.5 Å². The van der Waals surface area contributed by atoms with Crippen LogP contribution in [-0.2, 0) is 16.1 Å². The number of carbonyl (C=O) groups is 3. The smallest absolute Gasteiger partial charge is 0.481 e. The average Bonchev–Trinajstić information content (AvgIpc) is 2.75. The summed E-state index contributed by atoms with van der Waals surface area (Å²) >= 11 is 0. The van der Waals surface area contributed by atoms with Crippen LogP contribution in [0.15, 0.2) is 30.5 Å². The molecule has 0 radical (unpaired) electrons. The molecule has 0 aliphatic carbocycles. The molecule has 2 heterocycles. The largest absolute Gasteiger partial charge is 1.00 e. The molecule has 3 aromatic rings. The molecule has 0 saturated carbocycles. The normalized spacial score (nSPS) is 11.3. The number of carboxylic acid groups (broad SMARTS) is 2. The Labute approximate surface area is 209 Å². The maximum atomic E-state index is 12.3. The molecule has 0 aliphatic rings. The number of carboxylic acids is 2. The van der Waals surface area contributed by atoms with Crippen LogP contribution in [0.1, 0.15) is 28.9 Å². The number of carbonyl (C=O) groups excluding carboxylic acids is 1. The summed E-state index contributed by atoms with van der Waals surface area (Å²) in [5.41, 5.74) is 13.4. The van der Waals surface area contributed by atoms with Crippen LogP contribution in [0, 0.1) is 0 Å². The molecule has 2 aromatic heterocycles. The van der Waals surface area contributed by atoms with Gasteiger partial charge in [0.25, 0.3) is 5.91 Å². The van der Waals surface area contributed by atoms with Crippen LogP contribution in [0.5, 0.6) is 0 Å². The molecule has 0 bridgehead atoms. The SMILES string of the molecule is Nc1nc(N)c2nc(CNc3ccc(C(=O)NC(CCC(=O)O)C(=O)O)cc3)cnc2n1.[Na+]. The van der Waals surface area contributed by atoms with Crippen molar-refractivity contribution in [2.45, 2.75) is 25.4 Å². The second kappa shape index (κ2) is 11.4. The van der Waals surface area contributed by atoms with Gasteiger partial charge < -0.3 is 32.3 Å². The van der Waals surface area contributed by atoms with Crippen molar-refractivity contribution in [1.82, 2.24) is 25.3 Å². The van der Waals surface area contributed by atoms with Crippen LogP contribution in [0.2, 0.25) is 0 Å². The van der Waals surface area contributed by atoms with Crippen molar-refractivity contribution in [1.29, 1.82) is 0 Å². The zero-order chi connectivity index (χ0) is 23.3. The van der Waals surface area contributed by atoms with E-state index in [4.69, 9.17) is 21.7 Å². The first kappa shape index (κ1) is 25.7. The van der Waals surface area contributed by atoms with Gasteiger partial charge in [0.05, 0.1) is 18.4 Å². The topological polar surface area (TPSA) is 219 Å². The van der Waals surface area contributed by atoms with Gasteiger partial charge in [-0.2, -0.15) is 9.97 Å². The van der Waals surface area contributed by atoms with Crippen LogP contribution < -0.4 is 51.7 Å². The van der Waals surface area contributed by atoms with E-state index in [1.807, 2.05) is 0 Å². The molecule has 1 amide bonds. The van der Waals surface area contributed by atoms with Gasteiger partial charge in [-0.25, -0.2) is 14.8 Å². The van der Waals surface area contributed by atoms with Crippen molar-refractivity contribution in [3.05, 3.63) is 41.7 Å². The molecule has 166 valence electrons. The first-order valence-electron chi connectivity index (χ1n) is 9.37. The molecule has 1 aromatic carbocycles. The Kier molecular flexibility index (Phi) is 8.85. The van der Waals surface area contributed by atoms with E-state index in [1.54, 1.807) is 12.1 Å². The van der Waals surface area contributed by atoms with Gasteiger partial charge in [-0.3, -0.25) is 9.59 Å². The maximum absolute atomic E-state index is 12.3. The standard InChI is InChI=1S/C19H20N8O5.Na/c20-15-14-16(27-19(21)26-15)23-8-11(24-14)7-22-10-3-1-9(2-4-10)17(30)25-12(18(31)32)5-6-13(28)29;/h1-4,8,12,22H,5-7H2,(H,25,30)(H,28,29)(H,31,32)(H4,20,21,23,26,27);/q;+1. The van der Waals surface area contributed by atoms with Crippen molar-refractivity contribution in [2.75, 3.05) is 16.8 Å². The fraction of sp³-hybridized carbons (Fsp3) is 0.211. The maximum Gasteiger partial charge on any atom is 1.00 e. The van der Waals surface area contributed by atoms with E-state index in [2.05, 4.69) is 30.6 Å². The number of fused-ring (bicyclic) bond motifs is 1. The van der Waals surface area contributed by atoms with Gasteiger partial charge in [-0.05, 0) is 30.7 Å². The summed E-state index contributed by atoms with van der Waals surface area (Å²) in [6, 6.07) is 4.99. The quantitative estimate of drug-likeness (QED) is 0.178. The second-order valence-electron chi connectivity index (χ2n) is 6.73. The fourth-order valence-electron chi connectivity index (χ4n) is 2.77. The van der Waals surface area contributed by atoms with E-state index >= 15 is 0 Å². The summed E-state index contributed by atoms with van der Waals surface area (Å²) in [4.78, 5) is 50.5. The van der Waals surface area contributed by atoms with Crippen LogP contribution in [0.25, 0.3) is 11.2 Å². The van der Waals surface area contributed by atoms with Gasteiger partial charge in [0, 0.05) is 17.7 Å². The number of benzene rings is 1. The molecule has 14 heteroatoms.